The summed E-state index contributed by atoms with van der Waals surface area (Å²) in [5.41, 5.74) is 0.0939. The van der Waals surface area contributed by atoms with Crippen molar-refractivity contribution in [2.75, 3.05) is 27.4 Å². The molecule has 1 N–H and O–H groups in total. The zero-order valence-electron chi connectivity index (χ0n) is 10.1. The average Bonchev–Trinajstić information content (AvgIpc) is 2.37. The van der Waals surface area contributed by atoms with Crippen molar-refractivity contribution in [3.05, 3.63) is 28.0 Å². The SMILES string of the molecule is COCC(CNC(=O)c1nc(Cl)ccc1Cl)OC. The van der Waals surface area contributed by atoms with E-state index in [1.807, 2.05) is 0 Å². The molecule has 0 aliphatic heterocycles. The highest BCUT2D eigenvalue weighted by molar-refractivity contribution is 6.34. The molecule has 5 nitrogen and oxygen atoms in total. The summed E-state index contributed by atoms with van der Waals surface area (Å²) in [5.74, 6) is -0.402. The molecule has 1 aromatic rings. The molecule has 1 rings (SSSR count). The first-order chi connectivity index (χ1) is 8.58. The van der Waals surface area contributed by atoms with Gasteiger partial charge in [-0.3, -0.25) is 4.79 Å². The fourth-order valence-corrected chi connectivity index (χ4v) is 1.60. The van der Waals surface area contributed by atoms with Crippen LogP contribution in [0.3, 0.4) is 0 Å². The number of hydrogen-bond donors (Lipinski definition) is 1. The van der Waals surface area contributed by atoms with Crippen molar-refractivity contribution in [3.8, 4) is 0 Å². The van der Waals surface area contributed by atoms with Gasteiger partial charge < -0.3 is 14.8 Å². The third-order valence-corrected chi connectivity index (χ3v) is 2.72. The van der Waals surface area contributed by atoms with Crippen LogP contribution in [0.25, 0.3) is 0 Å². The fraction of sp³-hybridized carbons (Fsp3) is 0.455. The van der Waals surface area contributed by atoms with Gasteiger partial charge in [-0.1, -0.05) is 23.2 Å². The predicted molar refractivity (Wildman–Crippen MR) is 69.3 cm³/mol. The van der Waals surface area contributed by atoms with E-state index in [2.05, 4.69) is 10.3 Å². The van der Waals surface area contributed by atoms with Gasteiger partial charge in [-0.2, -0.15) is 0 Å². The number of halogens is 2. The second-order valence-electron chi connectivity index (χ2n) is 3.49. The highest BCUT2D eigenvalue weighted by atomic mass is 35.5. The van der Waals surface area contributed by atoms with E-state index in [0.717, 1.165) is 0 Å². The molecule has 0 aromatic carbocycles. The lowest BCUT2D eigenvalue weighted by Crippen LogP contribution is -2.36. The summed E-state index contributed by atoms with van der Waals surface area (Å²) in [7, 11) is 3.10. The average molecular weight is 293 g/mol. The van der Waals surface area contributed by atoms with Gasteiger partial charge in [-0.05, 0) is 12.1 Å². The van der Waals surface area contributed by atoms with E-state index in [0.29, 0.717) is 13.2 Å². The monoisotopic (exact) mass is 292 g/mol. The molecule has 1 unspecified atom stereocenters. The Morgan fingerprint density at radius 3 is 2.78 bits per heavy atom. The molecule has 0 spiro atoms. The fourth-order valence-electron chi connectivity index (χ4n) is 1.26. The van der Waals surface area contributed by atoms with Gasteiger partial charge in [0.1, 0.15) is 10.8 Å². The lowest BCUT2D eigenvalue weighted by Gasteiger charge is -2.15. The van der Waals surface area contributed by atoms with Crippen molar-refractivity contribution in [2.45, 2.75) is 6.10 Å². The van der Waals surface area contributed by atoms with Gasteiger partial charge in [0.05, 0.1) is 17.7 Å². The molecule has 0 bridgehead atoms. The van der Waals surface area contributed by atoms with E-state index in [9.17, 15) is 4.79 Å². The first kappa shape index (κ1) is 15.2. The summed E-state index contributed by atoms with van der Waals surface area (Å²) in [5, 5.41) is 3.11. The second-order valence-corrected chi connectivity index (χ2v) is 4.28. The van der Waals surface area contributed by atoms with E-state index in [1.165, 1.54) is 12.1 Å². The Bertz CT molecular complexity index is 415. The molecule has 1 heterocycles. The van der Waals surface area contributed by atoms with Gasteiger partial charge in [-0.15, -0.1) is 0 Å². The molecule has 0 fully saturated rings. The Balaban J connectivity index is 2.62. The predicted octanol–water partition coefficient (Wildman–Crippen LogP) is 1.78. The molecule has 1 amide bonds. The summed E-state index contributed by atoms with van der Waals surface area (Å²) in [4.78, 5) is 15.7. The molecule has 0 saturated carbocycles. The maximum atomic E-state index is 11.8. The first-order valence-corrected chi connectivity index (χ1v) is 5.96. The number of pyridine rings is 1. The largest absolute Gasteiger partial charge is 0.382 e. The number of ether oxygens (including phenoxy) is 2. The maximum absolute atomic E-state index is 11.8. The zero-order valence-corrected chi connectivity index (χ0v) is 11.6. The summed E-state index contributed by atoms with van der Waals surface area (Å²) in [6.45, 7) is 0.682. The van der Waals surface area contributed by atoms with Gasteiger partial charge >= 0.3 is 0 Å². The Morgan fingerprint density at radius 1 is 1.44 bits per heavy atom. The summed E-state index contributed by atoms with van der Waals surface area (Å²) in [6, 6.07) is 3.04. The zero-order chi connectivity index (χ0) is 13.5. The normalized spacial score (nSPS) is 12.2. The van der Waals surface area contributed by atoms with Gasteiger partial charge in [0.2, 0.25) is 0 Å². The third kappa shape index (κ3) is 4.42. The van der Waals surface area contributed by atoms with Crippen LogP contribution in [0.1, 0.15) is 10.5 Å². The minimum absolute atomic E-state index is 0.0939. The quantitative estimate of drug-likeness (QED) is 0.812. The standard InChI is InChI=1S/C11H14Cl2N2O3/c1-17-6-7(18-2)5-14-11(16)10-8(12)3-4-9(13)15-10/h3-4,7H,5-6H2,1-2H3,(H,14,16). The van der Waals surface area contributed by atoms with Crippen LogP contribution in [0, 0.1) is 0 Å². The number of aromatic nitrogens is 1. The molecule has 0 aliphatic rings. The van der Waals surface area contributed by atoms with Crippen molar-refractivity contribution in [1.29, 1.82) is 0 Å². The smallest absolute Gasteiger partial charge is 0.271 e. The minimum Gasteiger partial charge on any atom is -0.382 e. The Labute approximate surface area is 115 Å². The van der Waals surface area contributed by atoms with Gasteiger partial charge in [0.15, 0.2) is 0 Å². The van der Waals surface area contributed by atoms with Crippen LogP contribution >= 0.6 is 23.2 Å². The number of rotatable bonds is 6. The number of hydrogen-bond acceptors (Lipinski definition) is 4. The Kier molecular flexibility index (Phi) is 6.35. The molecule has 0 radical (unpaired) electrons. The number of nitrogens with zero attached hydrogens (tertiary/aromatic N) is 1. The molecule has 0 saturated heterocycles. The first-order valence-electron chi connectivity index (χ1n) is 5.20. The van der Waals surface area contributed by atoms with Crippen molar-refractivity contribution < 1.29 is 14.3 Å². The maximum Gasteiger partial charge on any atom is 0.271 e. The van der Waals surface area contributed by atoms with E-state index in [4.69, 9.17) is 32.7 Å². The van der Waals surface area contributed by atoms with Gasteiger partial charge in [0, 0.05) is 20.8 Å². The number of methoxy groups -OCH3 is 2. The molecule has 1 aromatic heterocycles. The minimum atomic E-state index is -0.402. The van der Waals surface area contributed by atoms with Crippen LogP contribution < -0.4 is 5.32 Å². The lowest BCUT2D eigenvalue weighted by molar-refractivity contribution is 0.0285. The van der Waals surface area contributed by atoms with Crippen LogP contribution in [-0.2, 0) is 9.47 Å². The molecule has 1 atom stereocenters. The van der Waals surface area contributed by atoms with Crippen LogP contribution in [0.5, 0.6) is 0 Å². The molecule has 0 aliphatic carbocycles. The van der Waals surface area contributed by atoms with Crippen molar-refractivity contribution in [3.63, 3.8) is 0 Å². The molecule has 18 heavy (non-hydrogen) atoms. The molecular weight excluding hydrogens is 279 g/mol. The van der Waals surface area contributed by atoms with E-state index >= 15 is 0 Å². The second kappa shape index (κ2) is 7.53. The molecule has 7 heteroatoms. The number of carbonyl (C=O) groups excluding carboxylic acids is 1. The summed E-state index contributed by atoms with van der Waals surface area (Å²) in [6.07, 6.45) is -0.225. The van der Waals surface area contributed by atoms with E-state index < -0.39 is 5.91 Å². The van der Waals surface area contributed by atoms with Crippen LogP contribution in [0.2, 0.25) is 10.2 Å². The van der Waals surface area contributed by atoms with Crippen LogP contribution in [0.4, 0.5) is 0 Å². The summed E-state index contributed by atoms with van der Waals surface area (Å²) >= 11 is 11.6. The van der Waals surface area contributed by atoms with Crippen LogP contribution in [0.15, 0.2) is 12.1 Å². The highest BCUT2D eigenvalue weighted by Gasteiger charge is 2.15. The molecule has 100 valence electrons. The Hall–Kier alpha value is -0.880. The van der Waals surface area contributed by atoms with Crippen molar-refractivity contribution in [1.82, 2.24) is 10.3 Å². The van der Waals surface area contributed by atoms with E-state index in [1.54, 1.807) is 14.2 Å². The topological polar surface area (TPSA) is 60.5 Å². The van der Waals surface area contributed by atoms with Gasteiger partial charge in [0.25, 0.3) is 5.91 Å². The molecular formula is C11H14Cl2N2O3. The lowest BCUT2D eigenvalue weighted by atomic mass is 10.3. The van der Waals surface area contributed by atoms with Crippen molar-refractivity contribution in [2.24, 2.45) is 0 Å². The van der Waals surface area contributed by atoms with E-state index in [-0.39, 0.29) is 22.0 Å². The number of nitrogens with one attached hydrogen (secondary N) is 1. The number of carbonyl (C=O) groups is 1. The Morgan fingerprint density at radius 2 is 2.17 bits per heavy atom. The highest BCUT2D eigenvalue weighted by Crippen LogP contribution is 2.16. The third-order valence-electron chi connectivity index (χ3n) is 2.20. The van der Waals surface area contributed by atoms with Gasteiger partial charge in [-0.25, -0.2) is 4.98 Å². The van der Waals surface area contributed by atoms with Crippen molar-refractivity contribution >= 4 is 29.1 Å². The summed E-state index contributed by atoms with van der Waals surface area (Å²) < 4.78 is 10.0. The number of amides is 1. The van der Waals surface area contributed by atoms with Crippen LogP contribution in [-0.4, -0.2) is 44.4 Å².